The van der Waals surface area contributed by atoms with E-state index in [1.54, 1.807) is 11.8 Å². The lowest BCUT2D eigenvalue weighted by atomic mass is 9.93. The molecule has 2 saturated heterocycles. The summed E-state index contributed by atoms with van der Waals surface area (Å²) >= 11 is 0. The van der Waals surface area contributed by atoms with E-state index in [-0.39, 0.29) is 18.4 Å². The first-order valence-electron chi connectivity index (χ1n) is 8.95. The number of carbonyl (C=O) groups is 3. The first-order valence-corrected chi connectivity index (χ1v) is 8.95. The number of amides is 4. The van der Waals surface area contributed by atoms with Crippen molar-refractivity contribution in [2.24, 2.45) is 0 Å². The van der Waals surface area contributed by atoms with Crippen molar-refractivity contribution in [3.63, 3.8) is 0 Å². The normalized spacial score (nSPS) is 23.7. The number of hydrogen-bond acceptors (Lipinski definition) is 3. The lowest BCUT2D eigenvalue weighted by Crippen LogP contribution is -2.47. The van der Waals surface area contributed by atoms with E-state index in [1.807, 2.05) is 30.3 Å². The second-order valence-electron chi connectivity index (χ2n) is 7.08. The molecule has 6 heteroatoms. The van der Waals surface area contributed by atoms with Crippen molar-refractivity contribution in [3.8, 4) is 0 Å². The van der Waals surface area contributed by atoms with Crippen LogP contribution in [0.4, 0.5) is 4.79 Å². The monoisotopic (exact) mass is 343 g/mol. The van der Waals surface area contributed by atoms with Gasteiger partial charge in [-0.25, -0.2) is 4.79 Å². The summed E-state index contributed by atoms with van der Waals surface area (Å²) in [5.74, 6) is -0.450. The van der Waals surface area contributed by atoms with Crippen molar-refractivity contribution in [1.82, 2.24) is 15.1 Å². The average Bonchev–Trinajstić information content (AvgIpc) is 2.85. The van der Waals surface area contributed by atoms with Gasteiger partial charge in [-0.05, 0) is 44.6 Å². The van der Waals surface area contributed by atoms with Gasteiger partial charge in [-0.15, -0.1) is 0 Å². The largest absolute Gasteiger partial charge is 0.341 e. The van der Waals surface area contributed by atoms with Gasteiger partial charge < -0.3 is 10.2 Å². The number of hydrogen-bond donors (Lipinski definition) is 1. The van der Waals surface area contributed by atoms with Crippen LogP contribution in [0.5, 0.6) is 0 Å². The van der Waals surface area contributed by atoms with Crippen LogP contribution in [-0.2, 0) is 16.0 Å². The summed E-state index contributed by atoms with van der Waals surface area (Å²) in [7, 11) is 0. The maximum Gasteiger partial charge on any atom is 0.325 e. The van der Waals surface area contributed by atoms with Gasteiger partial charge in [0.15, 0.2) is 0 Å². The SMILES string of the molecule is C[C@@]1(CCc2ccccc2)NC(=O)N(CC(=O)N2CCCCC2)C1=O. The van der Waals surface area contributed by atoms with Crippen molar-refractivity contribution in [2.45, 2.75) is 44.6 Å². The molecule has 2 aliphatic rings. The molecule has 2 fully saturated rings. The lowest BCUT2D eigenvalue weighted by molar-refractivity contribution is -0.139. The van der Waals surface area contributed by atoms with Gasteiger partial charge in [0.1, 0.15) is 12.1 Å². The predicted octanol–water partition coefficient (Wildman–Crippen LogP) is 1.94. The standard InChI is InChI=1S/C19H25N3O3/c1-19(11-10-15-8-4-2-5-9-15)17(24)22(18(25)20-19)14-16(23)21-12-6-3-7-13-21/h2,4-5,8-9H,3,6-7,10-14H2,1H3,(H,20,25)/t19-/m0/s1. The highest BCUT2D eigenvalue weighted by atomic mass is 16.2. The smallest absolute Gasteiger partial charge is 0.325 e. The Morgan fingerprint density at radius 1 is 1.12 bits per heavy atom. The first kappa shape index (κ1) is 17.5. The van der Waals surface area contributed by atoms with E-state index in [2.05, 4.69) is 5.32 Å². The zero-order valence-electron chi connectivity index (χ0n) is 14.7. The molecule has 0 aromatic heterocycles. The Balaban J connectivity index is 1.61. The summed E-state index contributed by atoms with van der Waals surface area (Å²) in [5.41, 5.74) is 0.170. The average molecular weight is 343 g/mol. The molecule has 0 aliphatic carbocycles. The molecular weight excluding hydrogens is 318 g/mol. The molecule has 0 saturated carbocycles. The zero-order chi connectivity index (χ0) is 17.9. The molecule has 0 unspecified atom stereocenters. The molecule has 2 heterocycles. The number of nitrogens with one attached hydrogen (secondary N) is 1. The topological polar surface area (TPSA) is 69.7 Å². The molecule has 6 nitrogen and oxygen atoms in total. The maximum absolute atomic E-state index is 12.7. The van der Waals surface area contributed by atoms with Crippen molar-refractivity contribution in [1.29, 1.82) is 0 Å². The van der Waals surface area contributed by atoms with Gasteiger partial charge in [-0.1, -0.05) is 30.3 Å². The maximum atomic E-state index is 12.7. The molecule has 1 aromatic carbocycles. The summed E-state index contributed by atoms with van der Waals surface area (Å²) in [6.45, 7) is 3.01. The Hall–Kier alpha value is -2.37. The van der Waals surface area contributed by atoms with Crippen LogP contribution in [0.15, 0.2) is 30.3 Å². The first-order chi connectivity index (χ1) is 12.0. The fourth-order valence-corrected chi connectivity index (χ4v) is 3.48. The summed E-state index contributed by atoms with van der Waals surface area (Å²) in [4.78, 5) is 40.2. The van der Waals surface area contributed by atoms with Gasteiger partial charge in [0.25, 0.3) is 5.91 Å². The summed E-state index contributed by atoms with van der Waals surface area (Å²) in [6, 6.07) is 9.39. The Labute approximate surface area is 148 Å². The number of urea groups is 1. The molecular formula is C19H25N3O3. The molecule has 1 N–H and O–H groups in total. The fraction of sp³-hybridized carbons (Fsp3) is 0.526. The highest BCUT2D eigenvalue weighted by molar-refractivity contribution is 6.08. The summed E-state index contributed by atoms with van der Waals surface area (Å²) in [6.07, 6.45) is 4.30. The van der Waals surface area contributed by atoms with E-state index in [0.29, 0.717) is 25.9 Å². The number of likely N-dealkylation sites (tertiary alicyclic amines) is 1. The van der Waals surface area contributed by atoms with E-state index in [0.717, 1.165) is 29.7 Å². The number of piperidine rings is 1. The van der Waals surface area contributed by atoms with Crippen molar-refractivity contribution in [2.75, 3.05) is 19.6 Å². The Kier molecular flexibility index (Phi) is 5.06. The minimum Gasteiger partial charge on any atom is -0.341 e. The van der Waals surface area contributed by atoms with Crippen molar-refractivity contribution < 1.29 is 14.4 Å². The van der Waals surface area contributed by atoms with Gasteiger partial charge in [0, 0.05) is 13.1 Å². The van der Waals surface area contributed by atoms with E-state index >= 15 is 0 Å². The van der Waals surface area contributed by atoms with Crippen LogP contribution >= 0.6 is 0 Å². The van der Waals surface area contributed by atoms with Gasteiger partial charge in [0.05, 0.1) is 0 Å². The molecule has 3 rings (SSSR count). The molecule has 0 radical (unpaired) electrons. The van der Waals surface area contributed by atoms with Crippen LogP contribution in [0.2, 0.25) is 0 Å². The minimum atomic E-state index is -0.949. The number of nitrogens with zero attached hydrogens (tertiary/aromatic N) is 2. The van der Waals surface area contributed by atoms with Gasteiger partial charge in [-0.2, -0.15) is 0 Å². The quantitative estimate of drug-likeness (QED) is 0.831. The fourth-order valence-electron chi connectivity index (χ4n) is 3.48. The second-order valence-corrected chi connectivity index (χ2v) is 7.08. The van der Waals surface area contributed by atoms with Crippen molar-refractivity contribution >= 4 is 17.8 Å². The van der Waals surface area contributed by atoms with Crippen LogP contribution < -0.4 is 5.32 Å². The molecule has 25 heavy (non-hydrogen) atoms. The van der Waals surface area contributed by atoms with Gasteiger partial charge in [-0.3, -0.25) is 14.5 Å². The number of benzene rings is 1. The number of imide groups is 1. The Bertz CT molecular complexity index is 655. The van der Waals surface area contributed by atoms with E-state index in [4.69, 9.17) is 0 Å². The minimum absolute atomic E-state index is 0.143. The van der Waals surface area contributed by atoms with Crippen LogP contribution in [-0.4, -0.2) is 52.8 Å². The highest BCUT2D eigenvalue weighted by Gasteiger charge is 2.48. The summed E-state index contributed by atoms with van der Waals surface area (Å²) in [5, 5.41) is 2.78. The molecule has 134 valence electrons. The van der Waals surface area contributed by atoms with E-state index < -0.39 is 11.6 Å². The predicted molar refractivity (Wildman–Crippen MR) is 93.8 cm³/mol. The molecule has 0 spiro atoms. The number of aryl methyl sites for hydroxylation is 1. The van der Waals surface area contributed by atoms with Crippen molar-refractivity contribution in [3.05, 3.63) is 35.9 Å². The third-order valence-electron chi connectivity index (χ3n) is 5.10. The summed E-state index contributed by atoms with van der Waals surface area (Å²) < 4.78 is 0. The third kappa shape index (κ3) is 3.83. The van der Waals surface area contributed by atoms with Crippen LogP contribution in [0.1, 0.15) is 38.2 Å². The second kappa shape index (κ2) is 7.25. The van der Waals surface area contributed by atoms with Crippen LogP contribution in [0.25, 0.3) is 0 Å². The highest BCUT2D eigenvalue weighted by Crippen LogP contribution is 2.23. The number of carbonyl (C=O) groups excluding carboxylic acids is 3. The number of rotatable bonds is 5. The Morgan fingerprint density at radius 2 is 1.80 bits per heavy atom. The zero-order valence-corrected chi connectivity index (χ0v) is 14.7. The third-order valence-corrected chi connectivity index (χ3v) is 5.10. The molecule has 0 bridgehead atoms. The van der Waals surface area contributed by atoms with Gasteiger partial charge in [0.2, 0.25) is 5.91 Å². The van der Waals surface area contributed by atoms with E-state index in [9.17, 15) is 14.4 Å². The van der Waals surface area contributed by atoms with Crippen LogP contribution in [0, 0.1) is 0 Å². The van der Waals surface area contributed by atoms with Crippen LogP contribution in [0.3, 0.4) is 0 Å². The van der Waals surface area contributed by atoms with Gasteiger partial charge >= 0.3 is 6.03 Å². The molecule has 1 atom stereocenters. The molecule has 2 aliphatic heterocycles. The Morgan fingerprint density at radius 3 is 2.48 bits per heavy atom. The van der Waals surface area contributed by atoms with E-state index in [1.165, 1.54) is 0 Å². The molecule has 4 amide bonds. The molecule has 1 aromatic rings. The lowest BCUT2D eigenvalue weighted by Gasteiger charge is -2.28.